The molecule has 2 aliphatic rings. The summed E-state index contributed by atoms with van der Waals surface area (Å²) in [5.41, 5.74) is 6.89. The molecular weight excluding hydrogens is 270 g/mol. The number of nitrogens with two attached hydrogens (primary N) is 1. The van der Waals surface area contributed by atoms with Crippen molar-refractivity contribution in [2.24, 2.45) is 11.7 Å². The molecule has 0 saturated heterocycles. The lowest BCUT2D eigenvalue weighted by Gasteiger charge is -2.10. The van der Waals surface area contributed by atoms with Gasteiger partial charge in [0.1, 0.15) is 4.88 Å². The number of thiazole rings is 1. The van der Waals surface area contributed by atoms with E-state index >= 15 is 0 Å². The topological polar surface area (TPSA) is 68.0 Å². The van der Waals surface area contributed by atoms with Crippen LogP contribution in [-0.2, 0) is 0 Å². The first kappa shape index (κ1) is 14.0. The first-order chi connectivity index (χ1) is 9.65. The van der Waals surface area contributed by atoms with Crippen molar-refractivity contribution in [2.45, 2.75) is 57.4 Å². The van der Waals surface area contributed by atoms with Crippen molar-refractivity contribution in [2.75, 3.05) is 6.54 Å². The summed E-state index contributed by atoms with van der Waals surface area (Å²) in [6.07, 6.45) is 7.45. The zero-order valence-corrected chi connectivity index (χ0v) is 12.8. The van der Waals surface area contributed by atoms with Crippen molar-refractivity contribution >= 4 is 17.2 Å². The van der Waals surface area contributed by atoms with Crippen LogP contribution in [0.2, 0.25) is 0 Å². The van der Waals surface area contributed by atoms with Crippen LogP contribution in [0.3, 0.4) is 0 Å². The van der Waals surface area contributed by atoms with Gasteiger partial charge in [0.2, 0.25) is 0 Å². The van der Waals surface area contributed by atoms with Crippen LogP contribution in [-0.4, -0.2) is 23.5 Å². The molecule has 2 saturated carbocycles. The van der Waals surface area contributed by atoms with E-state index in [1.54, 1.807) is 11.3 Å². The Morgan fingerprint density at radius 3 is 2.75 bits per heavy atom. The van der Waals surface area contributed by atoms with E-state index in [9.17, 15) is 4.79 Å². The summed E-state index contributed by atoms with van der Waals surface area (Å²) in [6.45, 7) is 2.52. The smallest absolute Gasteiger partial charge is 0.263 e. The normalized spacial score (nSPS) is 21.1. The summed E-state index contributed by atoms with van der Waals surface area (Å²) in [5, 5.41) is 4.12. The van der Waals surface area contributed by atoms with E-state index in [1.165, 1.54) is 38.5 Å². The summed E-state index contributed by atoms with van der Waals surface area (Å²) in [6, 6.07) is 0.112. The van der Waals surface area contributed by atoms with E-state index in [2.05, 4.69) is 10.3 Å². The summed E-state index contributed by atoms with van der Waals surface area (Å²) in [4.78, 5) is 17.6. The van der Waals surface area contributed by atoms with Crippen molar-refractivity contribution in [3.8, 4) is 0 Å². The van der Waals surface area contributed by atoms with E-state index in [1.807, 2.05) is 6.92 Å². The monoisotopic (exact) mass is 293 g/mol. The fourth-order valence-electron chi connectivity index (χ4n) is 2.96. The largest absolute Gasteiger partial charge is 0.350 e. The van der Waals surface area contributed by atoms with Crippen LogP contribution in [0.15, 0.2) is 0 Å². The quantitative estimate of drug-likeness (QED) is 0.876. The molecule has 4 nitrogen and oxygen atoms in total. The van der Waals surface area contributed by atoms with Gasteiger partial charge in [-0.3, -0.25) is 4.79 Å². The van der Waals surface area contributed by atoms with Crippen molar-refractivity contribution < 1.29 is 4.79 Å². The van der Waals surface area contributed by atoms with E-state index < -0.39 is 0 Å². The number of aromatic nitrogens is 1. The average molecular weight is 293 g/mol. The molecule has 3 N–H and O–H groups in total. The Hall–Kier alpha value is -0.940. The third-order valence-electron chi connectivity index (χ3n) is 4.45. The SMILES string of the molecule is Cc1nc(C2CCCC2)sc1C(=O)NCC(N)C1CC1. The van der Waals surface area contributed by atoms with Crippen LogP contribution in [0.1, 0.15) is 64.8 Å². The second-order valence-corrected chi connectivity index (χ2v) is 7.19. The number of hydrogen-bond acceptors (Lipinski definition) is 4. The van der Waals surface area contributed by atoms with Gasteiger partial charge in [-0.05, 0) is 38.5 Å². The molecule has 0 bridgehead atoms. The molecule has 1 unspecified atom stereocenters. The van der Waals surface area contributed by atoms with Crippen LogP contribution in [0, 0.1) is 12.8 Å². The first-order valence-corrected chi connectivity index (χ1v) is 8.48. The Morgan fingerprint density at radius 1 is 1.40 bits per heavy atom. The molecule has 1 heterocycles. The van der Waals surface area contributed by atoms with Gasteiger partial charge in [-0.1, -0.05) is 12.8 Å². The van der Waals surface area contributed by atoms with Gasteiger partial charge >= 0.3 is 0 Å². The summed E-state index contributed by atoms with van der Waals surface area (Å²) >= 11 is 1.58. The van der Waals surface area contributed by atoms with Gasteiger partial charge in [-0.2, -0.15) is 0 Å². The number of rotatable bonds is 5. The van der Waals surface area contributed by atoms with Gasteiger partial charge < -0.3 is 11.1 Å². The summed E-state index contributed by atoms with van der Waals surface area (Å²) < 4.78 is 0. The summed E-state index contributed by atoms with van der Waals surface area (Å²) in [7, 11) is 0. The number of nitrogens with zero attached hydrogens (tertiary/aromatic N) is 1. The van der Waals surface area contributed by atoms with E-state index in [0.717, 1.165) is 15.6 Å². The molecule has 0 aromatic carbocycles. The van der Waals surface area contributed by atoms with Crippen molar-refractivity contribution in [1.29, 1.82) is 0 Å². The Bertz CT molecular complexity index is 489. The Balaban J connectivity index is 1.61. The minimum absolute atomic E-state index is 0.000321. The molecule has 0 spiro atoms. The zero-order valence-electron chi connectivity index (χ0n) is 12.0. The molecule has 1 aromatic heterocycles. The number of carbonyl (C=O) groups excluding carboxylic acids is 1. The fraction of sp³-hybridized carbons (Fsp3) is 0.733. The van der Waals surface area contributed by atoms with Gasteiger partial charge in [0.15, 0.2) is 0 Å². The lowest BCUT2D eigenvalue weighted by molar-refractivity contribution is 0.0953. The highest BCUT2D eigenvalue weighted by Crippen LogP contribution is 2.37. The van der Waals surface area contributed by atoms with E-state index in [0.29, 0.717) is 18.4 Å². The number of aryl methyl sites for hydroxylation is 1. The van der Waals surface area contributed by atoms with Crippen LogP contribution in [0.5, 0.6) is 0 Å². The molecule has 3 rings (SSSR count). The Morgan fingerprint density at radius 2 is 2.10 bits per heavy atom. The maximum absolute atomic E-state index is 12.2. The van der Waals surface area contributed by atoms with Crippen molar-refractivity contribution in [3.05, 3.63) is 15.6 Å². The lowest BCUT2D eigenvalue weighted by atomic mass is 10.1. The number of hydrogen-bond donors (Lipinski definition) is 2. The first-order valence-electron chi connectivity index (χ1n) is 7.66. The van der Waals surface area contributed by atoms with Crippen LogP contribution < -0.4 is 11.1 Å². The Labute approximate surface area is 124 Å². The van der Waals surface area contributed by atoms with Gasteiger partial charge in [-0.25, -0.2) is 4.98 Å². The van der Waals surface area contributed by atoms with Gasteiger partial charge in [0, 0.05) is 18.5 Å². The van der Waals surface area contributed by atoms with Gasteiger partial charge in [0.05, 0.1) is 10.7 Å². The molecule has 0 aliphatic heterocycles. The van der Waals surface area contributed by atoms with E-state index in [4.69, 9.17) is 5.73 Å². The Kier molecular flexibility index (Phi) is 4.08. The standard InChI is InChI=1S/C15H23N3OS/c1-9-13(14(19)17-8-12(16)10-6-7-10)20-15(18-9)11-4-2-3-5-11/h10-12H,2-8,16H2,1H3,(H,17,19). The maximum atomic E-state index is 12.2. The molecule has 20 heavy (non-hydrogen) atoms. The lowest BCUT2D eigenvalue weighted by Crippen LogP contribution is -2.38. The highest BCUT2D eigenvalue weighted by atomic mass is 32.1. The average Bonchev–Trinajstić information content (AvgIpc) is 2.99. The molecule has 0 radical (unpaired) electrons. The second kappa shape index (κ2) is 5.82. The maximum Gasteiger partial charge on any atom is 0.263 e. The van der Waals surface area contributed by atoms with Gasteiger partial charge in [0.25, 0.3) is 5.91 Å². The highest BCUT2D eigenvalue weighted by Gasteiger charge is 2.29. The zero-order chi connectivity index (χ0) is 14.1. The molecule has 2 aliphatic carbocycles. The fourth-order valence-corrected chi connectivity index (χ4v) is 4.11. The number of carbonyl (C=O) groups is 1. The third-order valence-corrected chi connectivity index (χ3v) is 5.77. The molecular formula is C15H23N3OS. The van der Waals surface area contributed by atoms with Crippen molar-refractivity contribution in [3.63, 3.8) is 0 Å². The van der Waals surface area contributed by atoms with E-state index in [-0.39, 0.29) is 11.9 Å². The minimum atomic E-state index is 0.000321. The molecule has 5 heteroatoms. The third kappa shape index (κ3) is 3.04. The minimum Gasteiger partial charge on any atom is -0.350 e. The van der Waals surface area contributed by atoms with Crippen LogP contribution >= 0.6 is 11.3 Å². The molecule has 1 aromatic rings. The molecule has 1 amide bonds. The van der Waals surface area contributed by atoms with Crippen LogP contribution in [0.25, 0.3) is 0 Å². The predicted molar refractivity (Wildman–Crippen MR) is 81.1 cm³/mol. The molecule has 2 fully saturated rings. The number of amides is 1. The summed E-state index contributed by atoms with van der Waals surface area (Å²) in [5.74, 6) is 1.20. The number of nitrogens with one attached hydrogen (secondary N) is 1. The van der Waals surface area contributed by atoms with Crippen molar-refractivity contribution in [1.82, 2.24) is 10.3 Å². The van der Waals surface area contributed by atoms with Gasteiger partial charge in [-0.15, -0.1) is 11.3 Å². The van der Waals surface area contributed by atoms with Crippen LogP contribution in [0.4, 0.5) is 0 Å². The molecule has 110 valence electrons. The second-order valence-electron chi connectivity index (χ2n) is 6.16. The predicted octanol–water partition coefficient (Wildman–Crippen LogP) is 2.58. The highest BCUT2D eigenvalue weighted by molar-refractivity contribution is 7.13. The molecule has 1 atom stereocenters.